The van der Waals surface area contributed by atoms with Gasteiger partial charge in [-0.05, 0) is 18.3 Å². The van der Waals surface area contributed by atoms with Crippen LogP contribution in [-0.4, -0.2) is 34.2 Å². The van der Waals surface area contributed by atoms with Gasteiger partial charge in [-0.3, -0.25) is 19.3 Å². The quantitative estimate of drug-likeness (QED) is 0.664. The van der Waals surface area contributed by atoms with Crippen molar-refractivity contribution in [1.82, 2.24) is 9.88 Å². The number of anilines is 1. The van der Waals surface area contributed by atoms with Gasteiger partial charge in [0, 0.05) is 11.6 Å². The predicted octanol–water partition coefficient (Wildman–Crippen LogP) is 0.889. The van der Waals surface area contributed by atoms with Crippen molar-refractivity contribution < 1.29 is 14.4 Å². The van der Waals surface area contributed by atoms with Gasteiger partial charge in [-0.1, -0.05) is 12.2 Å². The molecule has 0 unspecified atom stereocenters. The average Bonchev–Trinajstić information content (AvgIpc) is 3.20. The van der Waals surface area contributed by atoms with Crippen molar-refractivity contribution in [2.75, 3.05) is 11.9 Å². The molecule has 1 saturated heterocycles. The number of imide groups is 1. The van der Waals surface area contributed by atoms with Crippen LogP contribution in [0.5, 0.6) is 0 Å². The number of hydrogen-bond donors (Lipinski definition) is 1. The monoisotopic (exact) mass is 303 g/mol. The summed E-state index contributed by atoms with van der Waals surface area (Å²) in [6.45, 7) is -0.219. The molecule has 108 valence electrons. The highest BCUT2D eigenvalue weighted by Crippen LogP contribution is 2.52. The van der Waals surface area contributed by atoms with Crippen LogP contribution in [0.3, 0.4) is 0 Å². The topological polar surface area (TPSA) is 79.4 Å². The van der Waals surface area contributed by atoms with Crippen LogP contribution in [0.25, 0.3) is 0 Å². The molecule has 1 N–H and O–H groups in total. The number of carbonyl (C=O) groups is 3. The second-order valence-corrected chi connectivity index (χ2v) is 6.54. The molecule has 2 bridgehead atoms. The lowest BCUT2D eigenvalue weighted by Crippen LogP contribution is -2.39. The molecule has 2 aliphatic carbocycles. The molecule has 7 heteroatoms. The van der Waals surface area contributed by atoms with Gasteiger partial charge in [0.25, 0.3) is 0 Å². The summed E-state index contributed by atoms with van der Waals surface area (Å²) in [6, 6.07) is 0. The van der Waals surface area contributed by atoms with Crippen molar-refractivity contribution in [2.45, 2.75) is 6.42 Å². The molecule has 6 nitrogen and oxygen atoms in total. The third kappa shape index (κ3) is 1.84. The van der Waals surface area contributed by atoms with E-state index in [0.717, 1.165) is 11.3 Å². The highest BCUT2D eigenvalue weighted by Gasteiger charge is 2.59. The second kappa shape index (κ2) is 4.49. The van der Waals surface area contributed by atoms with Crippen LogP contribution in [0.1, 0.15) is 6.42 Å². The third-order valence-corrected chi connectivity index (χ3v) is 5.23. The van der Waals surface area contributed by atoms with Gasteiger partial charge in [0.1, 0.15) is 6.54 Å². The summed E-state index contributed by atoms with van der Waals surface area (Å²) < 4.78 is 0. The van der Waals surface area contributed by atoms with E-state index < -0.39 is 0 Å². The molecule has 4 atom stereocenters. The Hall–Kier alpha value is -2.02. The standard InChI is InChI=1S/C14H13N3O3S/c18-9(16-14-15-3-4-21-14)6-17-12(19)10-7-1-2-8(5-7)11(10)13(17)20/h1-4,7-8,10-11H,5-6H2,(H,15,16,18)/t7-,8-,10-,11+/m0/s1. The van der Waals surface area contributed by atoms with E-state index in [1.807, 2.05) is 12.2 Å². The fourth-order valence-corrected chi connectivity index (χ4v) is 4.25. The first-order valence-corrected chi connectivity index (χ1v) is 7.76. The Morgan fingerprint density at radius 2 is 1.95 bits per heavy atom. The maximum atomic E-state index is 12.4. The Bertz CT molecular complexity index is 624. The number of thiazole rings is 1. The lowest BCUT2D eigenvalue weighted by molar-refractivity contribution is -0.143. The van der Waals surface area contributed by atoms with Crippen LogP contribution in [-0.2, 0) is 14.4 Å². The number of carbonyl (C=O) groups excluding carboxylic acids is 3. The van der Waals surface area contributed by atoms with Crippen molar-refractivity contribution in [2.24, 2.45) is 23.7 Å². The van der Waals surface area contributed by atoms with E-state index in [-0.39, 0.29) is 47.9 Å². The Morgan fingerprint density at radius 3 is 2.52 bits per heavy atom. The minimum atomic E-state index is -0.382. The van der Waals surface area contributed by atoms with Crippen LogP contribution < -0.4 is 5.32 Å². The number of amides is 3. The fraction of sp³-hybridized carbons (Fsp3) is 0.429. The van der Waals surface area contributed by atoms with Crippen molar-refractivity contribution in [3.8, 4) is 0 Å². The van der Waals surface area contributed by atoms with Gasteiger partial charge in [-0.25, -0.2) is 4.98 Å². The number of nitrogens with one attached hydrogen (secondary N) is 1. The van der Waals surface area contributed by atoms with Gasteiger partial charge in [0.05, 0.1) is 11.8 Å². The number of hydrogen-bond acceptors (Lipinski definition) is 5. The van der Waals surface area contributed by atoms with E-state index >= 15 is 0 Å². The minimum Gasteiger partial charge on any atom is -0.300 e. The average molecular weight is 303 g/mol. The molecular formula is C14H13N3O3S. The first-order valence-electron chi connectivity index (χ1n) is 6.88. The maximum absolute atomic E-state index is 12.4. The van der Waals surface area contributed by atoms with Gasteiger partial charge < -0.3 is 5.32 Å². The number of nitrogens with zero attached hydrogens (tertiary/aromatic N) is 2. The zero-order valence-electron chi connectivity index (χ0n) is 11.1. The number of rotatable bonds is 3. The third-order valence-electron chi connectivity index (χ3n) is 4.54. The summed E-state index contributed by atoms with van der Waals surface area (Å²) in [6.07, 6.45) is 6.55. The second-order valence-electron chi connectivity index (χ2n) is 5.65. The van der Waals surface area contributed by atoms with Crippen molar-refractivity contribution in [3.05, 3.63) is 23.7 Å². The number of fused-ring (bicyclic) bond motifs is 5. The van der Waals surface area contributed by atoms with E-state index in [0.29, 0.717) is 5.13 Å². The summed E-state index contributed by atoms with van der Waals surface area (Å²) >= 11 is 1.30. The molecule has 3 aliphatic rings. The summed E-state index contributed by atoms with van der Waals surface area (Å²) in [4.78, 5) is 41.8. The van der Waals surface area contributed by atoms with Gasteiger partial charge in [0.15, 0.2) is 5.13 Å². The van der Waals surface area contributed by atoms with Gasteiger partial charge in [0.2, 0.25) is 17.7 Å². The summed E-state index contributed by atoms with van der Waals surface area (Å²) in [5.41, 5.74) is 0. The summed E-state index contributed by atoms with van der Waals surface area (Å²) in [7, 11) is 0. The number of likely N-dealkylation sites (tertiary alicyclic amines) is 1. The summed E-state index contributed by atoms with van der Waals surface area (Å²) in [5, 5.41) is 4.82. The molecule has 0 radical (unpaired) electrons. The Labute approximate surface area is 124 Å². The minimum absolute atomic E-state index is 0.170. The molecule has 2 heterocycles. The molecule has 0 aromatic carbocycles. The van der Waals surface area contributed by atoms with Crippen LogP contribution in [0.15, 0.2) is 23.7 Å². The SMILES string of the molecule is O=C(CN1C(=O)[C@@H]2[C@H](C1=O)[C@H]1C=C[C@H]2C1)Nc1nccs1. The Kier molecular flexibility index (Phi) is 2.72. The van der Waals surface area contributed by atoms with Crippen LogP contribution in [0.2, 0.25) is 0 Å². The van der Waals surface area contributed by atoms with Gasteiger partial charge in [-0.15, -0.1) is 11.3 Å². The zero-order chi connectivity index (χ0) is 14.6. The lowest BCUT2D eigenvalue weighted by atomic mass is 9.85. The molecule has 1 saturated carbocycles. The van der Waals surface area contributed by atoms with Gasteiger partial charge in [-0.2, -0.15) is 0 Å². The maximum Gasteiger partial charge on any atom is 0.246 e. The van der Waals surface area contributed by atoms with Crippen LogP contribution in [0.4, 0.5) is 5.13 Å². The molecule has 1 aromatic rings. The smallest absolute Gasteiger partial charge is 0.246 e. The van der Waals surface area contributed by atoms with E-state index in [1.165, 1.54) is 11.3 Å². The molecule has 4 rings (SSSR count). The zero-order valence-corrected chi connectivity index (χ0v) is 11.9. The number of aromatic nitrogens is 1. The molecule has 1 aliphatic heterocycles. The predicted molar refractivity (Wildman–Crippen MR) is 75.2 cm³/mol. The van der Waals surface area contributed by atoms with Crippen LogP contribution in [0, 0.1) is 23.7 Å². The van der Waals surface area contributed by atoms with Crippen molar-refractivity contribution in [1.29, 1.82) is 0 Å². The van der Waals surface area contributed by atoms with E-state index in [9.17, 15) is 14.4 Å². The van der Waals surface area contributed by atoms with E-state index in [1.54, 1.807) is 11.6 Å². The molecule has 1 aromatic heterocycles. The highest BCUT2D eigenvalue weighted by atomic mass is 32.1. The van der Waals surface area contributed by atoms with Crippen molar-refractivity contribution in [3.63, 3.8) is 0 Å². The number of allylic oxidation sites excluding steroid dienone is 2. The molecule has 2 fully saturated rings. The highest BCUT2D eigenvalue weighted by molar-refractivity contribution is 7.13. The van der Waals surface area contributed by atoms with Crippen molar-refractivity contribution >= 4 is 34.2 Å². The molecule has 3 amide bonds. The Morgan fingerprint density at radius 1 is 1.29 bits per heavy atom. The van der Waals surface area contributed by atoms with Gasteiger partial charge >= 0.3 is 0 Å². The first-order chi connectivity index (χ1) is 10.1. The first kappa shape index (κ1) is 12.7. The largest absolute Gasteiger partial charge is 0.300 e. The normalized spacial score (nSPS) is 32.9. The molecule has 21 heavy (non-hydrogen) atoms. The Balaban J connectivity index is 1.48. The lowest BCUT2D eigenvalue weighted by Gasteiger charge is -2.16. The van der Waals surface area contributed by atoms with Crippen LogP contribution >= 0.6 is 11.3 Å². The van der Waals surface area contributed by atoms with E-state index in [4.69, 9.17) is 0 Å². The molecular weight excluding hydrogens is 290 g/mol. The fourth-order valence-electron chi connectivity index (χ4n) is 3.71. The summed E-state index contributed by atoms with van der Waals surface area (Å²) in [5.74, 6) is -0.938. The van der Waals surface area contributed by atoms with E-state index in [2.05, 4.69) is 10.3 Å². The molecule has 0 spiro atoms.